The predicted molar refractivity (Wildman–Crippen MR) is 99.5 cm³/mol. The molecule has 1 fully saturated rings. The fourth-order valence-electron chi connectivity index (χ4n) is 3.30. The molecule has 24 heavy (non-hydrogen) atoms. The molecule has 134 valence electrons. The maximum atomic E-state index is 12.2. The summed E-state index contributed by atoms with van der Waals surface area (Å²) in [5, 5.41) is 3.70. The molecule has 0 radical (unpaired) electrons. The minimum Gasteiger partial charge on any atom is -0.444 e. The smallest absolute Gasteiger partial charge is 0.410 e. The first-order chi connectivity index (χ1) is 11.2. The van der Waals surface area contributed by atoms with E-state index in [2.05, 4.69) is 44.3 Å². The lowest BCUT2D eigenvalue weighted by Gasteiger charge is -2.36. The van der Waals surface area contributed by atoms with Gasteiger partial charge in [0.2, 0.25) is 0 Å². The van der Waals surface area contributed by atoms with E-state index in [1.807, 2.05) is 25.7 Å². The number of para-hydroxylation sites is 1. The summed E-state index contributed by atoms with van der Waals surface area (Å²) in [6.45, 7) is 13.8. The third-order valence-corrected chi connectivity index (χ3v) is 4.75. The van der Waals surface area contributed by atoms with Gasteiger partial charge in [0.15, 0.2) is 0 Å². The summed E-state index contributed by atoms with van der Waals surface area (Å²) < 4.78 is 5.47. The summed E-state index contributed by atoms with van der Waals surface area (Å²) in [7, 11) is 0. The molecule has 1 aromatic rings. The number of likely N-dealkylation sites (tertiary alicyclic amines) is 1. The second-order valence-electron chi connectivity index (χ2n) is 8.00. The molecular formula is C20H32N2O2. The number of rotatable bonds is 3. The first kappa shape index (κ1) is 18.6. The summed E-state index contributed by atoms with van der Waals surface area (Å²) in [5.41, 5.74) is 3.39. The van der Waals surface area contributed by atoms with Gasteiger partial charge in [-0.15, -0.1) is 0 Å². The SMILES string of the molecule is Cc1cccc(C)c1NC(C)C1CCN(C(=O)OC(C)(C)C)CC1. The second kappa shape index (κ2) is 7.45. The van der Waals surface area contributed by atoms with Crippen LogP contribution in [0, 0.1) is 19.8 Å². The van der Waals surface area contributed by atoms with Crippen molar-refractivity contribution in [3.05, 3.63) is 29.3 Å². The van der Waals surface area contributed by atoms with Crippen LogP contribution in [0.3, 0.4) is 0 Å². The topological polar surface area (TPSA) is 41.6 Å². The van der Waals surface area contributed by atoms with Crippen LogP contribution in [-0.2, 0) is 4.74 Å². The third-order valence-electron chi connectivity index (χ3n) is 4.75. The lowest BCUT2D eigenvalue weighted by Crippen LogP contribution is -2.44. The van der Waals surface area contributed by atoms with Crippen LogP contribution in [-0.4, -0.2) is 35.7 Å². The van der Waals surface area contributed by atoms with Crippen molar-refractivity contribution in [2.24, 2.45) is 5.92 Å². The zero-order valence-corrected chi connectivity index (χ0v) is 16.0. The Morgan fingerprint density at radius 2 is 1.75 bits per heavy atom. The number of carbonyl (C=O) groups excluding carboxylic acids is 1. The Labute approximate surface area is 146 Å². The van der Waals surface area contributed by atoms with Crippen molar-refractivity contribution in [3.63, 3.8) is 0 Å². The number of hydrogen-bond donors (Lipinski definition) is 1. The molecular weight excluding hydrogens is 300 g/mol. The molecule has 1 heterocycles. The number of ether oxygens (including phenoxy) is 1. The minimum atomic E-state index is -0.425. The van der Waals surface area contributed by atoms with Gasteiger partial charge in [-0.3, -0.25) is 0 Å². The quantitative estimate of drug-likeness (QED) is 0.868. The Balaban J connectivity index is 1.89. The molecule has 1 aliphatic rings. The van der Waals surface area contributed by atoms with E-state index in [0.717, 1.165) is 25.9 Å². The number of nitrogens with zero attached hydrogens (tertiary/aromatic N) is 1. The molecule has 1 aromatic carbocycles. The van der Waals surface area contributed by atoms with E-state index in [1.54, 1.807) is 0 Å². The van der Waals surface area contributed by atoms with Crippen molar-refractivity contribution >= 4 is 11.8 Å². The number of aryl methyl sites for hydroxylation is 2. The second-order valence-corrected chi connectivity index (χ2v) is 8.00. The van der Waals surface area contributed by atoms with Crippen molar-refractivity contribution in [1.82, 2.24) is 4.90 Å². The Kier molecular flexibility index (Phi) is 5.79. The standard InChI is InChI=1S/C20H32N2O2/c1-14-8-7-9-15(2)18(14)21-16(3)17-10-12-22(13-11-17)19(23)24-20(4,5)6/h7-9,16-17,21H,10-13H2,1-6H3. The van der Waals surface area contributed by atoms with Crippen molar-refractivity contribution in [2.45, 2.75) is 66.0 Å². The molecule has 1 unspecified atom stereocenters. The van der Waals surface area contributed by atoms with E-state index < -0.39 is 5.60 Å². The normalized spacial score (nSPS) is 17.5. The fourth-order valence-corrected chi connectivity index (χ4v) is 3.30. The van der Waals surface area contributed by atoms with Gasteiger partial charge in [0, 0.05) is 24.8 Å². The molecule has 4 heteroatoms. The van der Waals surface area contributed by atoms with Gasteiger partial charge < -0.3 is 15.0 Å². The lowest BCUT2D eigenvalue weighted by molar-refractivity contribution is 0.0179. The van der Waals surface area contributed by atoms with Gasteiger partial charge in [-0.05, 0) is 71.4 Å². The summed E-state index contributed by atoms with van der Waals surface area (Å²) in [6, 6.07) is 6.78. The molecule has 1 atom stereocenters. The molecule has 0 aliphatic carbocycles. The van der Waals surface area contributed by atoms with E-state index in [9.17, 15) is 4.79 Å². The maximum absolute atomic E-state index is 12.2. The number of nitrogens with one attached hydrogen (secondary N) is 1. The number of hydrogen-bond acceptors (Lipinski definition) is 3. The number of carbonyl (C=O) groups is 1. The van der Waals surface area contributed by atoms with Gasteiger partial charge in [0.05, 0.1) is 0 Å². The van der Waals surface area contributed by atoms with Crippen molar-refractivity contribution < 1.29 is 9.53 Å². The summed E-state index contributed by atoms with van der Waals surface area (Å²) >= 11 is 0. The highest BCUT2D eigenvalue weighted by Gasteiger charge is 2.29. The van der Waals surface area contributed by atoms with E-state index in [-0.39, 0.29) is 6.09 Å². The van der Waals surface area contributed by atoms with Gasteiger partial charge in [-0.2, -0.15) is 0 Å². The average molecular weight is 332 g/mol. The van der Waals surface area contributed by atoms with E-state index in [1.165, 1.54) is 16.8 Å². The highest BCUT2D eigenvalue weighted by atomic mass is 16.6. The molecule has 2 rings (SSSR count). The molecule has 0 saturated carbocycles. The molecule has 1 aliphatic heterocycles. The van der Waals surface area contributed by atoms with Gasteiger partial charge >= 0.3 is 6.09 Å². The van der Waals surface area contributed by atoms with E-state index >= 15 is 0 Å². The van der Waals surface area contributed by atoms with Gasteiger partial charge in [0.1, 0.15) is 5.60 Å². The Hall–Kier alpha value is -1.71. The summed E-state index contributed by atoms with van der Waals surface area (Å²) in [5.74, 6) is 0.572. The number of amides is 1. The average Bonchev–Trinajstić information content (AvgIpc) is 2.49. The summed E-state index contributed by atoms with van der Waals surface area (Å²) in [4.78, 5) is 14.0. The fraction of sp³-hybridized carbons (Fsp3) is 0.650. The molecule has 4 nitrogen and oxygen atoms in total. The molecule has 1 N–H and O–H groups in total. The molecule has 1 saturated heterocycles. The van der Waals surface area contributed by atoms with Gasteiger partial charge in [-0.1, -0.05) is 18.2 Å². The zero-order valence-electron chi connectivity index (χ0n) is 16.0. The van der Waals surface area contributed by atoms with Crippen LogP contribution in [0.5, 0.6) is 0 Å². The number of piperidine rings is 1. The Morgan fingerprint density at radius 1 is 1.21 bits per heavy atom. The predicted octanol–water partition coefficient (Wildman–Crippen LogP) is 4.75. The van der Waals surface area contributed by atoms with E-state index in [4.69, 9.17) is 4.74 Å². The van der Waals surface area contributed by atoms with Gasteiger partial charge in [-0.25, -0.2) is 4.79 Å². The maximum Gasteiger partial charge on any atom is 0.410 e. The Bertz CT molecular complexity index is 549. The number of anilines is 1. The van der Waals surface area contributed by atoms with Crippen LogP contribution in [0.2, 0.25) is 0 Å². The minimum absolute atomic E-state index is 0.184. The first-order valence-corrected chi connectivity index (χ1v) is 8.98. The third kappa shape index (κ3) is 4.89. The van der Waals surface area contributed by atoms with Crippen molar-refractivity contribution in [3.8, 4) is 0 Å². The monoisotopic (exact) mass is 332 g/mol. The zero-order chi connectivity index (χ0) is 17.9. The van der Waals surface area contributed by atoms with Crippen LogP contribution in [0.4, 0.5) is 10.5 Å². The summed E-state index contributed by atoms with van der Waals surface area (Å²) in [6.07, 6.45) is 1.84. The molecule has 1 amide bonds. The van der Waals surface area contributed by atoms with Crippen LogP contribution >= 0.6 is 0 Å². The van der Waals surface area contributed by atoms with Crippen LogP contribution < -0.4 is 5.32 Å². The molecule has 0 bridgehead atoms. The van der Waals surface area contributed by atoms with Gasteiger partial charge in [0.25, 0.3) is 0 Å². The van der Waals surface area contributed by atoms with Crippen LogP contribution in [0.15, 0.2) is 18.2 Å². The lowest BCUT2D eigenvalue weighted by atomic mass is 9.90. The first-order valence-electron chi connectivity index (χ1n) is 8.98. The number of benzene rings is 1. The molecule has 0 aromatic heterocycles. The van der Waals surface area contributed by atoms with Crippen LogP contribution in [0.25, 0.3) is 0 Å². The molecule has 0 spiro atoms. The Morgan fingerprint density at radius 3 is 2.25 bits per heavy atom. The highest BCUT2D eigenvalue weighted by molar-refractivity contribution is 5.68. The van der Waals surface area contributed by atoms with Crippen molar-refractivity contribution in [2.75, 3.05) is 18.4 Å². The highest BCUT2D eigenvalue weighted by Crippen LogP contribution is 2.27. The van der Waals surface area contributed by atoms with Crippen LogP contribution in [0.1, 0.15) is 51.7 Å². The van der Waals surface area contributed by atoms with E-state index in [0.29, 0.717) is 12.0 Å². The largest absolute Gasteiger partial charge is 0.444 e. The van der Waals surface area contributed by atoms with Crippen molar-refractivity contribution in [1.29, 1.82) is 0 Å².